The first-order chi connectivity index (χ1) is 14.0. The second kappa shape index (κ2) is 9.55. The maximum Gasteiger partial charge on any atom is 0.251 e. The topological polar surface area (TPSA) is 67.4 Å². The Bertz CT molecular complexity index is 1010. The second-order valence-corrected chi connectivity index (χ2v) is 6.84. The Kier molecular flexibility index (Phi) is 6.63. The minimum absolute atomic E-state index is 0.163. The lowest BCUT2D eigenvalue weighted by molar-refractivity contribution is -0.116. The van der Waals surface area contributed by atoms with Crippen molar-refractivity contribution >= 4 is 17.5 Å². The number of rotatable bonds is 7. The van der Waals surface area contributed by atoms with Gasteiger partial charge in [-0.15, -0.1) is 0 Å². The van der Waals surface area contributed by atoms with Crippen LogP contribution < -0.4 is 15.4 Å². The van der Waals surface area contributed by atoms with Gasteiger partial charge in [0.1, 0.15) is 5.75 Å². The van der Waals surface area contributed by atoms with Crippen molar-refractivity contribution in [3.8, 4) is 11.5 Å². The van der Waals surface area contributed by atoms with Crippen molar-refractivity contribution in [1.29, 1.82) is 0 Å². The number of hydrogen-bond acceptors (Lipinski definition) is 3. The molecule has 148 valence electrons. The first-order valence-electron chi connectivity index (χ1n) is 9.49. The van der Waals surface area contributed by atoms with E-state index in [0.29, 0.717) is 22.7 Å². The van der Waals surface area contributed by atoms with Crippen molar-refractivity contribution in [2.45, 2.75) is 20.3 Å². The molecule has 3 rings (SSSR count). The van der Waals surface area contributed by atoms with Gasteiger partial charge in [0.05, 0.1) is 5.69 Å². The minimum atomic E-state index is -0.199. The Morgan fingerprint density at radius 3 is 2.34 bits per heavy atom. The molecule has 0 spiro atoms. The number of carbonyl (C=O) groups is 2. The van der Waals surface area contributed by atoms with Crippen molar-refractivity contribution in [2.24, 2.45) is 0 Å². The fraction of sp³-hybridized carbons (Fsp3) is 0.167. The number of amides is 2. The molecule has 0 aliphatic carbocycles. The molecule has 0 atom stereocenters. The molecule has 0 saturated carbocycles. The molecule has 0 aliphatic rings. The van der Waals surface area contributed by atoms with E-state index in [9.17, 15) is 9.59 Å². The highest BCUT2D eigenvalue weighted by Crippen LogP contribution is 2.29. The SMILES string of the molecule is Cc1cccc(Oc2ccccc2NC(=O)CCNC(=O)c2cccc(C)c2)c1. The van der Waals surface area contributed by atoms with E-state index < -0.39 is 0 Å². The first-order valence-corrected chi connectivity index (χ1v) is 9.49. The van der Waals surface area contributed by atoms with Gasteiger partial charge in [-0.05, 0) is 55.8 Å². The molecule has 5 nitrogen and oxygen atoms in total. The van der Waals surface area contributed by atoms with Crippen LogP contribution in [-0.4, -0.2) is 18.4 Å². The summed E-state index contributed by atoms with van der Waals surface area (Å²) in [5.41, 5.74) is 3.28. The Morgan fingerprint density at radius 2 is 1.59 bits per heavy atom. The van der Waals surface area contributed by atoms with E-state index in [1.807, 2.05) is 68.4 Å². The Balaban J connectivity index is 1.55. The van der Waals surface area contributed by atoms with Gasteiger partial charge in [-0.2, -0.15) is 0 Å². The zero-order chi connectivity index (χ0) is 20.6. The number of ether oxygens (including phenoxy) is 1. The number of carbonyl (C=O) groups excluding carboxylic acids is 2. The van der Waals surface area contributed by atoms with Crippen LogP contribution in [0.1, 0.15) is 27.9 Å². The van der Waals surface area contributed by atoms with Gasteiger partial charge in [-0.3, -0.25) is 9.59 Å². The van der Waals surface area contributed by atoms with Crippen molar-refractivity contribution in [2.75, 3.05) is 11.9 Å². The number of benzene rings is 3. The van der Waals surface area contributed by atoms with E-state index in [1.165, 1.54) is 0 Å². The Hall–Kier alpha value is -3.60. The van der Waals surface area contributed by atoms with E-state index in [2.05, 4.69) is 10.6 Å². The third kappa shape index (κ3) is 5.94. The summed E-state index contributed by atoms with van der Waals surface area (Å²) >= 11 is 0. The predicted octanol–water partition coefficient (Wildman–Crippen LogP) is 4.85. The first kappa shape index (κ1) is 20.1. The second-order valence-electron chi connectivity index (χ2n) is 6.84. The monoisotopic (exact) mass is 388 g/mol. The Morgan fingerprint density at radius 1 is 0.862 bits per heavy atom. The maximum atomic E-state index is 12.3. The molecular formula is C24H24N2O3. The molecular weight excluding hydrogens is 364 g/mol. The van der Waals surface area contributed by atoms with Crippen LogP contribution in [-0.2, 0) is 4.79 Å². The molecule has 2 N–H and O–H groups in total. The van der Waals surface area contributed by atoms with Gasteiger partial charge in [0.25, 0.3) is 5.91 Å². The number of para-hydroxylation sites is 2. The van der Waals surface area contributed by atoms with Crippen molar-refractivity contribution in [3.63, 3.8) is 0 Å². The predicted molar refractivity (Wildman–Crippen MR) is 114 cm³/mol. The molecule has 5 heteroatoms. The molecule has 0 fully saturated rings. The maximum absolute atomic E-state index is 12.3. The molecule has 0 bridgehead atoms. The summed E-state index contributed by atoms with van der Waals surface area (Å²) in [4.78, 5) is 24.5. The fourth-order valence-corrected chi connectivity index (χ4v) is 2.86. The number of aryl methyl sites for hydroxylation is 2. The van der Waals surface area contributed by atoms with Gasteiger partial charge >= 0.3 is 0 Å². The lowest BCUT2D eigenvalue weighted by Crippen LogP contribution is -2.27. The van der Waals surface area contributed by atoms with E-state index in [-0.39, 0.29) is 24.8 Å². The van der Waals surface area contributed by atoms with Crippen LogP contribution >= 0.6 is 0 Å². The molecule has 3 aromatic rings. The number of nitrogens with one attached hydrogen (secondary N) is 2. The van der Waals surface area contributed by atoms with Crippen molar-refractivity contribution in [1.82, 2.24) is 5.32 Å². The molecule has 0 unspecified atom stereocenters. The average molecular weight is 388 g/mol. The van der Waals surface area contributed by atoms with Crippen molar-refractivity contribution < 1.29 is 14.3 Å². The zero-order valence-corrected chi connectivity index (χ0v) is 16.6. The normalized spacial score (nSPS) is 10.3. The highest BCUT2D eigenvalue weighted by molar-refractivity contribution is 5.95. The van der Waals surface area contributed by atoms with E-state index in [0.717, 1.165) is 11.1 Å². The molecule has 0 aliphatic heterocycles. The molecule has 0 aromatic heterocycles. The van der Waals surface area contributed by atoms with Crippen LogP contribution in [0.3, 0.4) is 0 Å². The largest absolute Gasteiger partial charge is 0.455 e. The quantitative estimate of drug-likeness (QED) is 0.608. The summed E-state index contributed by atoms with van der Waals surface area (Å²) in [6, 6.07) is 22.3. The van der Waals surface area contributed by atoms with Crippen LogP contribution in [0.25, 0.3) is 0 Å². The van der Waals surface area contributed by atoms with Crippen LogP contribution in [0.4, 0.5) is 5.69 Å². The molecule has 0 saturated heterocycles. The van der Waals surface area contributed by atoms with Gasteiger partial charge in [0.15, 0.2) is 5.75 Å². The summed E-state index contributed by atoms with van der Waals surface area (Å²) < 4.78 is 5.92. The molecule has 0 radical (unpaired) electrons. The third-order valence-electron chi connectivity index (χ3n) is 4.30. The van der Waals surface area contributed by atoms with Gasteiger partial charge in [-0.25, -0.2) is 0 Å². The smallest absolute Gasteiger partial charge is 0.251 e. The van der Waals surface area contributed by atoms with Gasteiger partial charge in [-0.1, -0.05) is 42.0 Å². The van der Waals surface area contributed by atoms with Crippen LogP contribution in [0.5, 0.6) is 11.5 Å². The molecule has 2 amide bonds. The van der Waals surface area contributed by atoms with Crippen LogP contribution in [0.15, 0.2) is 72.8 Å². The fourth-order valence-electron chi connectivity index (χ4n) is 2.86. The summed E-state index contributed by atoms with van der Waals surface area (Å²) in [5, 5.41) is 5.63. The Labute approximate surface area is 170 Å². The lowest BCUT2D eigenvalue weighted by Gasteiger charge is -2.13. The van der Waals surface area contributed by atoms with Crippen LogP contribution in [0.2, 0.25) is 0 Å². The standard InChI is InChI=1S/C24H24N2O3/c1-17-7-5-9-19(15-17)24(28)25-14-13-23(27)26-21-11-3-4-12-22(21)29-20-10-6-8-18(2)16-20/h3-12,15-16H,13-14H2,1-2H3,(H,25,28)(H,26,27). The van der Waals surface area contributed by atoms with E-state index in [1.54, 1.807) is 18.2 Å². The highest BCUT2D eigenvalue weighted by atomic mass is 16.5. The number of hydrogen-bond donors (Lipinski definition) is 2. The van der Waals surface area contributed by atoms with Crippen LogP contribution in [0, 0.1) is 13.8 Å². The summed E-state index contributed by atoms with van der Waals surface area (Å²) in [6.45, 7) is 4.17. The average Bonchev–Trinajstić information content (AvgIpc) is 2.69. The number of anilines is 1. The minimum Gasteiger partial charge on any atom is -0.455 e. The van der Waals surface area contributed by atoms with E-state index >= 15 is 0 Å². The van der Waals surface area contributed by atoms with Gasteiger partial charge < -0.3 is 15.4 Å². The summed E-state index contributed by atoms with van der Waals surface area (Å²) in [5.74, 6) is 0.881. The zero-order valence-electron chi connectivity index (χ0n) is 16.6. The van der Waals surface area contributed by atoms with Gasteiger partial charge in [0.2, 0.25) is 5.91 Å². The molecule has 3 aromatic carbocycles. The van der Waals surface area contributed by atoms with E-state index in [4.69, 9.17) is 4.74 Å². The highest BCUT2D eigenvalue weighted by Gasteiger charge is 2.10. The summed E-state index contributed by atoms with van der Waals surface area (Å²) in [7, 11) is 0. The summed E-state index contributed by atoms with van der Waals surface area (Å²) in [6.07, 6.45) is 0.163. The van der Waals surface area contributed by atoms with Gasteiger partial charge in [0, 0.05) is 18.5 Å². The molecule has 0 heterocycles. The lowest BCUT2D eigenvalue weighted by atomic mass is 10.1. The third-order valence-corrected chi connectivity index (χ3v) is 4.30. The molecule has 29 heavy (non-hydrogen) atoms. The van der Waals surface area contributed by atoms with Crippen molar-refractivity contribution in [3.05, 3.63) is 89.5 Å².